The van der Waals surface area contributed by atoms with Gasteiger partial charge in [-0.3, -0.25) is 19.2 Å². The normalized spacial score (nSPS) is 40.5. The van der Waals surface area contributed by atoms with Gasteiger partial charge in [0.1, 0.15) is 12.7 Å². The molecular formula is C43H70O8. The van der Waals surface area contributed by atoms with Crippen LogP contribution in [0.1, 0.15) is 160 Å². The highest BCUT2D eigenvalue weighted by Gasteiger charge is 2.70. The van der Waals surface area contributed by atoms with E-state index in [1.54, 1.807) is 0 Å². The fourth-order valence-electron chi connectivity index (χ4n) is 14.4. The molecule has 0 heterocycles. The zero-order valence-electron chi connectivity index (χ0n) is 33.9. The maximum absolute atomic E-state index is 12.4. The summed E-state index contributed by atoms with van der Waals surface area (Å²) in [5.74, 6) is 1.68. The maximum Gasteiger partial charge on any atom is 0.303 e. The van der Waals surface area contributed by atoms with Gasteiger partial charge in [0.2, 0.25) is 0 Å². The lowest BCUT2D eigenvalue weighted by Gasteiger charge is -2.73. The van der Waals surface area contributed by atoms with Crippen molar-refractivity contribution in [1.82, 2.24) is 0 Å². The van der Waals surface area contributed by atoms with Gasteiger partial charge < -0.3 is 18.9 Å². The number of esters is 4. The third-order valence-corrected chi connectivity index (χ3v) is 16.5. The first-order valence-electron chi connectivity index (χ1n) is 20.3. The van der Waals surface area contributed by atoms with Gasteiger partial charge >= 0.3 is 23.9 Å². The Morgan fingerprint density at radius 3 is 1.75 bits per heavy atom. The summed E-state index contributed by atoms with van der Waals surface area (Å²) in [6.07, 6.45) is 12.8. The molecule has 8 nitrogen and oxygen atoms in total. The van der Waals surface area contributed by atoms with Gasteiger partial charge in [0.25, 0.3) is 0 Å². The predicted octanol–water partition coefficient (Wildman–Crippen LogP) is 9.25. The molecule has 0 bridgehead atoms. The van der Waals surface area contributed by atoms with E-state index in [4.69, 9.17) is 18.9 Å². The summed E-state index contributed by atoms with van der Waals surface area (Å²) in [6.45, 7) is 23.0. The van der Waals surface area contributed by atoms with E-state index in [9.17, 15) is 19.2 Å². The van der Waals surface area contributed by atoms with Crippen LogP contribution < -0.4 is 0 Å². The second-order valence-corrected chi connectivity index (χ2v) is 19.5. The van der Waals surface area contributed by atoms with Crippen LogP contribution in [0, 0.1) is 62.6 Å². The summed E-state index contributed by atoms with van der Waals surface area (Å²) in [4.78, 5) is 48.3. The molecule has 0 spiro atoms. The van der Waals surface area contributed by atoms with Crippen LogP contribution in [-0.4, -0.2) is 48.8 Å². The standard InChI is InChI=1S/C43H70O8/c1-26(13-14-33(49-28(3)45)38(51-30(5)47)34(50-29(4)46)25-48-27(2)44)31-17-22-40(8)32(31)18-23-42(10)36(40)15-16-37-41(9)21-12-20-39(6,7)35(41)19-24-43(37,42)11/h26,31-38H,12-25H2,1-11H3/t26-,31-,32-,33-,34+,35+,36-,37-,38+,40+,41+,42-,43-/m1/s1. The summed E-state index contributed by atoms with van der Waals surface area (Å²) in [6, 6.07) is 0. The van der Waals surface area contributed by atoms with E-state index in [2.05, 4.69) is 48.5 Å². The van der Waals surface area contributed by atoms with Crippen LogP contribution in [0.15, 0.2) is 0 Å². The number of hydrogen-bond donors (Lipinski definition) is 0. The summed E-state index contributed by atoms with van der Waals surface area (Å²) >= 11 is 0. The van der Waals surface area contributed by atoms with Crippen LogP contribution in [0.2, 0.25) is 0 Å². The second kappa shape index (κ2) is 14.6. The Morgan fingerprint density at radius 2 is 1.16 bits per heavy atom. The predicted molar refractivity (Wildman–Crippen MR) is 196 cm³/mol. The Bertz CT molecular complexity index is 1320. The highest BCUT2D eigenvalue weighted by molar-refractivity contribution is 5.68. The van der Waals surface area contributed by atoms with Crippen molar-refractivity contribution in [3.05, 3.63) is 0 Å². The molecule has 5 aliphatic rings. The fourth-order valence-corrected chi connectivity index (χ4v) is 14.4. The average Bonchev–Trinajstić information content (AvgIpc) is 3.36. The van der Waals surface area contributed by atoms with Crippen LogP contribution in [-0.2, 0) is 38.1 Å². The quantitative estimate of drug-likeness (QED) is 0.154. The molecule has 0 aromatic carbocycles. The van der Waals surface area contributed by atoms with Crippen molar-refractivity contribution in [2.45, 2.75) is 178 Å². The average molecular weight is 715 g/mol. The highest BCUT2D eigenvalue weighted by Crippen LogP contribution is 2.78. The Kier molecular flexibility index (Phi) is 11.5. The minimum absolute atomic E-state index is 0.305. The largest absolute Gasteiger partial charge is 0.462 e. The van der Waals surface area contributed by atoms with Crippen LogP contribution in [0.4, 0.5) is 0 Å². The fraction of sp³-hybridized carbons (Fsp3) is 0.907. The summed E-state index contributed by atoms with van der Waals surface area (Å²) in [5.41, 5.74) is 1.92. The molecule has 0 aromatic rings. The van der Waals surface area contributed by atoms with Gasteiger partial charge in [0.05, 0.1) is 0 Å². The first-order valence-corrected chi connectivity index (χ1v) is 20.3. The van der Waals surface area contributed by atoms with E-state index in [0.29, 0.717) is 51.2 Å². The van der Waals surface area contributed by atoms with Gasteiger partial charge in [-0.05, 0) is 140 Å². The van der Waals surface area contributed by atoms with Crippen LogP contribution >= 0.6 is 0 Å². The Balaban J connectivity index is 1.33. The monoisotopic (exact) mass is 715 g/mol. The molecule has 5 aliphatic carbocycles. The van der Waals surface area contributed by atoms with Crippen molar-refractivity contribution >= 4 is 23.9 Å². The molecule has 51 heavy (non-hydrogen) atoms. The number of rotatable bonds is 11. The molecule has 0 aromatic heterocycles. The molecule has 0 radical (unpaired) electrons. The van der Waals surface area contributed by atoms with Gasteiger partial charge in [-0.15, -0.1) is 0 Å². The molecule has 0 unspecified atom stereocenters. The molecule has 8 heteroatoms. The van der Waals surface area contributed by atoms with Crippen molar-refractivity contribution in [1.29, 1.82) is 0 Å². The first kappa shape index (κ1) is 40.1. The molecule has 0 amide bonds. The number of hydrogen-bond acceptors (Lipinski definition) is 8. The van der Waals surface area contributed by atoms with Crippen molar-refractivity contribution in [3.8, 4) is 0 Å². The summed E-state index contributed by atoms with van der Waals surface area (Å²) in [7, 11) is 0. The van der Waals surface area contributed by atoms with E-state index in [0.717, 1.165) is 24.2 Å². The Morgan fingerprint density at radius 1 is 0.588 bits per heavy atom. The summed E-state index contributed by atoms with van der Waals surface area (Å²) in [5, 5.41) is 0. The molecule has 5 fully saturated rings. The smallest absolute Gasteiger partial charge is 0.303 e. The second-order valence-electron chi connectivity index (χ2n) is 19.5. The van der Waals surface area contributed by atoms with Gasteiger partial charge in [-0.2, -0.15) is 0 Å². The van der Waals surface area contributed by atoms with Crippen molar-refractivity contribution in [2.75, 3.05) is 6.61 Å². The first-order chi connectivity index (χ1) is 23.7. The van der Waals surface area contributed by atoms with E-state index < -0.39 is 42.2 Å². The molecule has 0 aliphatic heterocycles. The lowest BCUT2D eigenvalue weighted by atomic mass is 9.32. The zero-order valence-corrected chi connectivity index (χ0v) is 33.9. The molecule has 5 saturated carbocycles. The van der Waals surface area contributed by atoms with Gasteiger partial charge in [-0.25, -0.2) is 0 Å². The Labute approximate surface area is 308 Å². The Hall–Kier alpha value is -2.12. The highest BCUT2D eigenvalue weighted by atomic mass is 16.6. The van der Waals surface area contributed by atoms with Crippen LogP contribution in [0.3, 0.4) is 0 Å². The van der Waals surface area contributed by atoms with Gasteiger partial charge in [0, 0.05) is 27.7 Å². The van der Waals surface area contributed by atoms with Crippen LogP contribution in [0.5, 0.6) is 0 Å². The zero-order chi connectivity index (χ0) is 37.7. The molecular weight excluding hydrogens is 644 g/mol. The van der Waals surface area contributed by atoms with Crippen LogP contribution in [0.25, 0.3) is 0 Å². The lowest BCUT2D eigenvalue weighted by Crippen LogP contribution is -2.65. The molecule has 0 saturated heterocycles. The van der Waals surface area contributed by atoms with Gasteiger partial charge in [-0.1, -0.05) is 54.9 Å². The minimum Gasteiger partial charge on any atom is -0.462 e. The molecule has 0 N–H and O–H groups in total. The van der Waals surface area contributed by atoms with Crippen molar-refractivity contribution < 1.29 is 38.1 Å². The maximum atomic E-state index is 12.4. The molecule has 5 rings (SSSR count). The van der Waals surface area contributed by atoms with E-state index in [-0.39, 0.29) is 6.61 Å². The lowest BCUT2D eigenvalue weighted by molar-refractivity contribution is -0.241. The minimum atomic E-state index is -1.10. The van der Waals surface area contributed by atoms with E-state index >= 15 is 0 Å². The third kappa shape index (κ3) is 7.25. The van der Waals surface area contributed by atoms with E-state index in [1.165, 1.54) is 98.3 Å². The number of carbonyl (C=O) groups is 4. The van der Waals surface area contributed by atoms with Crippen molar-refractivity contribution in [3.63, 3.8) is 0 Å². The SMILES string of the molecule is CC(=O)OC[C@H](OC(C)=O)[C@@H](OC(C)=O)[C@@H](CC[C@@H](C)[C@H]1CC[C@@]2(C)[C@@H]1CC[C@]1(C)[C@@H]2CC[C@@H]2[C@@]3(C)CCCC(C)(C)[C@@H]3CC[C@]21C)OC(C)=O. The summed E-state index contributed by atoms with van der Waals surface area (Å²) < 4.78 is 22.1. The van der Waals surface area contributed by atoms with Gasteiger partial charge in [0.15, 0.2) is 12.2 Å². The molecule has 13 atom stereocenters. The number of ether oxygens (including phenoxy) is 4. The third-order valence-electron chi connectivity index (χ3n) is 16.5. The number of carbonyl (C=O) groups excluding carboxylic acids is 4. The number of fused-ring (bicyclic) bond motifs is 7. The topological polar surface area (TPSA) is 105 Å². The molecule has 290 valence electrons. The van der Waals surface area contributed by atoms with Crippen molar-refractivity contribution in [2.24, 2.45) is 62.6 Å². The van der Waals surface area contributed by atoms with E-state index in [1.807, 2.05) is 0 Å².